The van der Waals surface area contributed by atoms with E-state index in [1.165, 1.54) is 0 Å². The van der Waals surface area contributed by atoms with Crippen LogP contribution in [0.25, 0.3) is 0 Å². The van der Waals surface area contributed by atoms with Gasteiger partial charge in [0.05, 0.1) is 11.4 Å². The van der Waals surface area contributed by atoms with Gasteiger partial charge < -0.3 is 5.73 Å². The van der Waals surface area contributed by atoms with Gasteiger partial charge in [0, 0.05) is 10.0 Å². The van der Waals surface area contributed by atoms with Crippen molar-refractivity contribution in [2.75, 3.05) is 16.6 Å². The number of benzene rings is 2. The van der Waals surface area contributed by atoms with Crippen molar-refractivity contribution in [3.05, 3.63) is 69.7 Å². The summed E-state index contributed by atoms with van der Waals surface area (Å²) in [6, 6.07) is 14.6. The molecule has 0 saturated heterocycles. The van der Waals surface area contributed by atoms with Crippen molar-refractivity contribution >= 4 is 52.5 Å². The van der Waals surface area contributed by atoms with Gasteiger partial charge in [-0.3, -0.25) is 0 Å². The molecule has 0 aliphatic heterocycles. The number of hydrogen-bond acceptors (Lipinski definition) is 8. The first-order valence-corrected chi connectivity index (χ1v) is 9.30. The fourth-order valence-corrected chi connectivity index (χ4v) is 2.52. The molecule has 0 aliphatic rings. The van der Waals surface area contributed by atoms with E-state index >= 15 is 0 Å². The van der Waals surface area contributed by atoms with Crippen LogP contribution in [0, 0.1) is 0 Å². The van der Waals surface area contributed by atoms with Gasteiger partial charge in [-0.15, -0.1) is 0 Å². The van der Waals surface area contributed by atoms with Crippen molar-refractivity contribution in [3.63, 3.8) is 0 Å². The number of nitrogen functional groups attached to an aromatic ring is 1. The number of hydrogen-bond donors (Lipinski definition) is 3. The van der Waals surface area contributed by atoms with E-state index in [-0.39, 0.29) is 17.8 Å². The second kappa shape index (κ2) is 9.31. The minimum absolute atomic E-state index is 0.0312. The molecule has 0 atom stereocenters. The van der Waals surface area contributed by atoms with Crippen molar-refractivity contribution in [2.45, 2.75) is 13.8 Å². The van der Waals surface area contributed by atoms with E-state index in [1.807, 2.05) is 38.1 Å². The maximum Gasteiger partial charge on any atom is 0.250 e. The highest BCUT2D eigenvalue weighted by Gasteiger charge is 2.05. The van der Waals surface area contributed by atoms with E-state index in [9.17, 15) is 0 Å². The Kier molecular flexibility index (Phi) is 6.58. The van der Waals surface area contributed by atoms with E-state index in [2.05, 4.69) is 36.0 Å². The molecule has 0 saturated carbocycles. The van der Waals surface area contributed by atoms with Crippen LogP contribution in [0.15, 0.2) is 58.7 Å². The van der Waals surface area contributed by atoms with E-state index in [0.29, 0.717) is 10.0 Å². The Bertz CT molecular complexity index is 965. The van der Waals surface area contributed by atoms with Crippen molar-refractivity contribution in [1.82, 2.24) is 15.0 Å². The maximum atomic E-state index is 5.90. The summed E-state index contributed by atoms with van der Waals surface area (Å²) in [5.74, 6) is 0.406. The third-order valence-corrected chi connectivity index (χ3v) is 4.33. The molecule has 8 nitrogen and oxygen atoms in total. The smallest absolute Gasteiger partial charge is 0.250 e. The first kappa shape index (κ1) is 20.5. The second-order valence-electron chi connectivity index (χ2n) is 5.97. The molecule has 3 rings (SSSR count). The fourth-order valence-electron chi connectivity index (χ4n) is 2.27. The predicted molar refractivity (Wildman–Crippen MR) is 119 cm³/mol. The molecular weight excluding hydrogens is 411 g/mol. The molecule has 1 heterocycles. The van der Waals surface area contributed by atoms with Gasteiger partial charge in [-0.1, -0.05) is 47.5 Å². The zero-order valence-electron chi connectivity index (χ0n) is 15.7. The zero-order valence-corrected chi connectivity index (χ0v) is 17.2. The van der Waals surface area contributed by atoms with Gasteiger partial charge in [-0.05, 0) is 49.2 Å². The van der Waals surface area contributed by atoms with Crippen LogP contribution in [-0.2, 0) is 0 Å². The summed E-state index contributed by atoms with van der Waals surface area (Å²) in [5.41, 5.74) is 14.6. The van der Waals surface area contributed by atoms with Crippen LogP contribution in [0.4, 0.5) is 17.8 Å². The largest absolute Gasteiger partial charge is 0.368 e. The molecule has 0 amide bonds. The van der Waals surface area contributed by atoms with Crippen molar-refractivity contribution in [2.24, 2.45) is 10.2 Å². The van der Waals surface area contributed by atoms with Crippen LogP contribution in [0.3, 0.4) is 0 Å². The molecule has 0 spiro atoms. The first-order valence-electron chi connectivity index (χ1n) is 8.55. The molecule has 29 heavy (non-hydrogen) atoms. The fraction of sp³-hybridized carbons (Fsp3) is 0.105. The monoisotopic (exact) mass is 428 g/mol. The van der Waals surface area contributed by atoms with Gasteiger partial charge in [-0.25, -0.2) is 10.9 Å². The van der Waals surface area contributed by atoms with Gasteiger partial charge in [0.25, 0.3) is 0 Å². The van der Waals surface area contributed by atoms with Crippen LogP contribution in [0.1, 0.15) is 25.0 Å². The molecule has 0 bridgehead atoms. The molecule has 0 aliphatic carbocycles. The second-order valence-corrected chi connectivity index (χ2v) is 6.85. The highest BCUT2D eigenvalue weighted by atomic mass is 35.5. The zero-order chi connectivity index (χ0) is 20.8. The summed E-state index contributed by atoms with van der Waals surface area (Å²) in [4.78, 5) is 12.3. The molecule has 3 aromatic rings. The lowest BCUT2D eigenvalue weighted by Crippen LogP contribution is -2.09. The summed E-state index contributed by atoms with van der Waals surface area (Å²) in [7, 11) is 0. The average Bonchev–Trinajstić information content (AvgIpc) is 2.71. The molecule has 148 valence electrons. The van der Waals surface area contributed by atoms with Crippen LogP contribution in [0.5, 0.6) is 0 Å². The van der Waals surface area contributed by atoms with Crippen LogP contribution in [-0.4, -0.2) is 26.4 Å². The number of nitrogens with zero attached hydrogens (tertiary/aromatic N) is 5. The van der Waals surface area contributed by atoms with Crippen LogP contribution >= 0.6 is 23.2 Å². The molecule has 2 aromatic carbocycles. The third kappa shape index (κ3) is 5.87. The van der Waals surface area contributed by atoms with Crippen LogP contribution in [0.2, 0.25) is 10.0 Å². The number of nitrogens with two attached hydrogens (primary N) is 1. The van der Waals surface area contributed by atoms with E-state index in [1.54, 1.807) is 24.3 Å². The highest BCUT2D eigenvalue weighted by Crippen LogP contribution is 2.13. The van der Waals surface area contributed by atoms with Gasteiger partial charge in [0.1, 0.15) is 0 Å². The lowest BCUT2D eigenvalue weighted by atomic mass is 10.1. The summed E-state index contributed by atoms with van der Waals surface area (Å²) in [5, 5.41) is 9.85. The predicted octanol–water partition coefficient (Wildman–Crippen LogP) is 4.43. The Morgan fingerprint density at radius 3 is 1.48 bits per heavy atom. The topological polar surface area (TPSA) is 113 Å². The molecule has 1 aromatic heterocycles. The van der Waals surface area contributed by atoms with Gasteiger partial charge >= 0.3 is 0 Å². The highest BCUT2D eigenvalue weighted by molar-refractivity contribution is 6.31. The van der Waals surface area contributed by atoms with Gasteiger partial charge in [-0.2, -0.15) is 25.2 Å². The van der Waals surface area contributed by atoms with Crippen molar-refractivity contribution in [3.8, 4) is 0 Å². The Morgan fingerprint density at radius 2 is 1.10 bits per heavy atom. The standard InChI is InChI=1S/C19H18Cl2N8/c1-11(13-3-7-15(20)8-4-13)26-28-18-23-17(22)24-19(25-18)29-27-12(2)14-5-9-16(21)10-6-14/h3-10H,1-2H3,(H4,22,23,24,25,28,29)/b26-11+,27-12+. The molecule has 0 radical (unpaired) electrons. The quantitative estimate of drug-likeness (QED) is 0.395. The van der Waals surface area contributed by atoms with E-state index in [0.717, 1.165) is 22.6 Å². The molecule has 4 N–H and O–H groups in total. The Morgan fingerprint density at radius 1 is 0.724 bits per heavy atom. The minimum Gasteiger partial charge on any atom is -0.368 e. The van der Waals surface area contributed by atoms with Crippen LogP contribution < -0.4 is 16.6 Å². The first-order chi connectivity index (χ1) is 13.9. The minimum atomic E-state index is 0.0312. The Labute approximate surface area is 177 Å². The maximum absolute atomic E-state index is 5.90. The number of aromatic nitrogens is 3. The molecular formula is C19H18Cl2N8. The Hall–Kier alpha value is -3.23. The number of halogens is 2. The third-order valence-electron chi connectivity index (χ3n) is 3.82. The SMILES string of the molecule is C/C(=N\Nc1nc(N)nc(N/N=C(\C)c2ccc(Cl)cc2)n1)c1ccc(Cl)cc1. The van der Waals surface area contributed by atoms with Gasteiger partial charge in [0.2, 0.25) is 17.8 Å². The average molecular weight is 429 g/mol. The molecule has 0 fully saturated rings. The summed E-state index contributed by atoms with van der Waals surface area (Å²) < 4.78 is 0. The summed E-state index contributed by atoms with van der Waals surface area (Å²) >= 11 is 11.8. The lowest BCUT2D eigenvalue weighted by Gasteiger charge is -2.06. The lowest BCUT2D eigenvalue weighted by molar-refractivity contribution is 1.03. The number of hydrazone groups is 2. The normalized spacial score (nSPS) is 12.0. The molecule has 10 heteroatoms. The Balaban J connectivity index is 1.72. The van der Waals surface area contributed by atoms with E-state index in [4.69, 9.17) is 28.9 Å². The summed E-state index contributed by atoms with van der Waals surface area (Å²) in [6.07, 6.45) is 0. The number of nitrogens with one attached hydrogen (secondary N) is 2. The van der Waals surface area contributed by atoms with E-state index < -0.39 is 0 Å². The number of rotatable bonds is 6. The summed E-state index contributed by atoms with van der Waals surface area (Å²) in [6.45, 7) is 3.69. The van der Waals surface area contributed by atoms with Crippen molar-refractivity contribution < 1.29 is 0 Å². The number of anilines is 3. The molecule has 0 unspecified atom stereocenters. The van der Waals surface area contributed by atoms with Crippen molar-refractivity contribution in [1.29, 1.82) is 0 Å². The van der Waals surface area contributed by atoms with Gasteiger partial charge in [0.15, 0.2) is 0 Å².